The Balaban J connectivity index is 2.12. The second-order valence-electron chi connectivity index (χ2n) is 3.24. The molecule has 1 aromatic rings. The van der Waals surface area contributed by atoms with Gasteiger partial charge in [-0.1, -0.05) is 0 Å². The third-order valence-electron chi connectivity index (χ3n) is 2.26. The molecule has 5 heteroatoms. The number of benzene rings is 1. The average molecular weight is 207 g/mol. The zero-order chi connectivity index (χ0) is 10.7. The lowest BCUT2D eigenvalue weighted by Gasteiger charge is -2.14. The largest absolute Gasteiger partial charge is 0.336 e. The Bertz CT molecular complexity index is 350. The molecule has 0 spiro atoms. The van der Waals surface area contributed by atoms with Crippen LogP contribution >= 0.6 is 0 Å². The number of nitrogens with one attached hydrogen (secondary N) is 2. The number of rotatable bonds is 3. The van der Waals surface area contributed by atoms with Crippen molar-refractivity contribution in [2.45, 2.75) is 0 Å². The Labute approximate surface area is 88.0 Å². The minimum Gasteiger partial charge on any atom is -0.336 e. The van der Waals surface area contributed by atoms with Gasteiger partial charge < -0.3 is 5.32 Å². The quantitative estimate of drug-likeness (QED) is 0.732. The van der Waals surface area contributed by atoms with Gasteiger partial charge in [-0.2, -0.15) is 0 Å². The Morgan fingerprint density at radius 2 is 2.13 bits per heavy atom. The standard InChI is InChI=1S/C10H13N3O2/c1-15-12-8-2-4-9(5-3-8)13-7-6-11-10(13)14/h2-5,12H,6-7H2,1H3,(H,11,14). The van der Waals surface area contributed by atoms with Crippen molar-refractivity contribution >= 4 is 17.4 Å². The fourth-order valence-electron chi connectivity index (χ4n) is 1.55. The second kappa shape index (κ2) is 4.18. The molecule has 1 saturated heterocycles. The summed E-state index contributed by atoms with van der Waals surface area (Å²) in [5.74, 6) is 0. The molecule has 5 nitrogen and oxygen atoms in total. The normalized spacial score (nSPS) is 15.3. The van der Waals surface area contributed by atoms with Gasteiger partial charge in [0, 0.05) is 18.8 Å². The van der Waals surface area contributed by atoms with Gasteiger partial charge in [0.1, 0.15) is 0 Å². The lowest BCUT2D eigenvalue weighted by molar-refractivity contribution is 0.252. The van der Waals surface area contributed by atoms with E-state index in [2.05, 4.69) is 10.8 Å². The zero-order valence-electron chi connectivity index (χ0n) is 8.49. The maximum atomic E-state index is 11.4. The van der Waals surface area contributed by atoms with Gasteiger partial charge >= 0.3 is 6.03 Å². The minimum atomic E-state index is -0.0394. The highest BCUT2D eigenvalue weighted by molar-refractivity contribution is 5.94. The number of hydrogen-bond acceptors (Lipinski definition) is 3. The van der Waals surface area contributed by atoms with Gasteiger partial charge in [0.15, 0.2) is 0 Å². The summed E-state index contributed by atoms with van der Waals surface area (Å²) < 4.78 is 0. The first-order valence-electron chi connectivity index (χ1n) is 4.75. The van der Waals surface area contributed by atoms with Crippen LogP contribution < -0.4 is 15.7 Å². The van der Waals surface area contributed by atoms with Crippen molar-refractivity contribution in [2.75, 3.05) is 30.6 Å². The Morgan fingerprint density at radius 1 is 1.40 bits per heavy atom. The summed E-state index contributed by atoms with van der Waals surface area (Å²) in [6, 6.07) is 7.45. The van der Waals surface area contributed by atoms with E-state index in [1.165, 1.54) is 0 Å². The number of anilines is 2. The summed E-state index contributed by atoms with van der Waals surface area (Å²) in [5, 5.41) is 2.75. The monoisotopic (exact) mass is 207 g/mol. The van der Waals surface area contributed by atoms with Gasteiger partial charge in [0.25, 0.3) is 0 Å². The first kappa shape index (κ1) is 9.79. The van der Waals surface area contributed by atoms with E-state index in [-0.39, 0.29) is 6.03 Å². The molecular weight excluding hydrogens is 194 g/mol. The van der Waals surface area contributed by atoms with E-state index in [1.807, 2.05) is 24.3 Å². The molecule has 2 rings (SSSR count). The van der Waals surface area contributed by atoms with Crippen molar-refractivity contribution in [2.24, 2.45) is 0 Å². The van der Waals surface area contributed by atoms with Crippen LogP contribution in [0.15, 0.2) is 24.3 Å². The zero-order valence-corrected chi connectivity index (χ0v) is 8.49. The topological polar surface area (TPSA) is 53.6 Å². The maximum absolute atomic E-state index is 11.4. The van der Waals surface area contributed by atoms with E-state index in [0.29, 0.717) is 6.54 Å². The third-order valence-corrected chi connectivity index (χ3v) is 2.26. The molecule has 0 aromatic heterocycles. The second-order valence-corrected chi connectivity index (χ2v) is 3.24. The Morgan fingerprint density at radius 3 is 2.67 bits per heavy atom. The molecule has 1 aromatic carbocycles. The number of carbonyl (C=O) groups is 1. The number of nitrogens with zero attached hydrogens (tertiary/aromatic N) is 1. The van der Waals surface area contributed by atoms with Crippen LogP contribution in [0.3, 0.4) is 0 Å². The van der Waals surface area contributed by atoms with Crippen LogP contribution in [-0.2, 0) is 4.84 Å². The highest BCUT2D eigenvalue weighted by atomic mass is 16.6. The molecule has 0 atom stereocenters. The van der Waals surface area contributed by atoms with E-state index in [0.717, 1.165) is 17.9 Å². The molecule has 1 aliphatic heterocycles. The van der Waals surface area contributed by atoms with Crippen LogP contribution in [0, 0.1) is 0 Å². The van der Waals surface area contributed by atoms with E-state index in [9.17, 15) is 4.79 Å². The lowest BCUT2D eigenvalue weighted by atomic mass is 10.2. The van der Waals surface area contributed by atoms with Gasteiger partial charge in [-0.05, 0) is 24.3 Å². The third kappa shape index (κ3) is 2.02. The van der Waals surface area contributed by atoms with E-state index < -0.39 is 0 Å². The van der Waals surface area contributed by atoms with Crippen molar-refractivity contribution < 1.29 is 9.63 Å². The van der Waals surface area contributed by atoms with Gasteiger partial charge in [-0.3, -0.25) is 15.2 Å². The summed E-state index contributed by atoms with van der Waals surface area (Å²) in [4.78, 5) is 17.8. The SMILES string of the molecule is CONc1ccc(N2CCNC2=O)cc1. The molecule has 80 valence electrons. The molecule has 0 bridgehead atoms. The minimum absolute atomic E-state index is 0.0394. The Kier molecular flexibility index (Phi) is 2.73. The van der Waals surface area contributed by atoms with Crippen LogP contribution in [0.2, 0.25) is 0 Å². The number of hydrogen-bond donors (Lipinski definition) is 2. The molecule has 0 radical (unpaired) electrons. The summed E-state index contributed by atoms with van der Waals surface area (Å²) in [5.41, 5.74) is 4.47. The molecule has 1 fully saturated rings. The fourth-order valence-corrected chi connectivity index (χ4v) is 1.55. The fraction of sp³-hybridized carbons (Fsp3) is 0.300. The van der Waals surface area contributed by atoms with E-state index in [4.69, 9.17) is 4.84 Å². The summed E-state index contributed by atoms with van der Waals surface area (Å²) in [6.45, 7) is 1.42. The molecule has 15 heavy (non-hydrogen) atoms. The van der Waals surface area contributed by atoms with Crippen molar-refractivity contribution in [3.63, 3.8) is 0 Å². The van der Waals surface area contributed by atoms with E-state index >= 15 is 0 Å². The predicted octanol–water partition coefficient (Wildman–Crippen LogP) is 1.19. The number of urea groups is 1. The Hall–Kier alpha value is -1.75. The van der Waals surface area contributed by atoms with Gasteiger partial charge in [0.2, 0.25) is 0 Å². The molecule has 1 heterocycles. The number of carbonyl (C=O) groups excluding carboxylic acids is 1. The average Bonchev–Trinajstić information content (AvgIpc) is 2.66. The van der Waals surface area contributed by atoms with Crippen LogP contribution in [0.5, 0.6) is 0 Å². The number of amides is 2. The van der Waals surface area contributed by atoms with Crippen molar-refractivity contribution in [1.29, 1.82) is 0 Å². The molecule has 0 unspecified atom stereocenters. The van der Waals surface area contributed by atoms with Crippen LogP contribution in [-0.4, -0.2) is 26.2 Å². The van der Waals surface area contributed by atoms with E-state index in [1.54, 1.807) is 12.0 Å². The molecule has 0 saturated carbocycles. The molecule has 2 N–H and O–H groups in total. The van der Waals surface area contributed by atoms with Crippen molar-refractivity contribution in [3.8, 4) is 0 Å². The summed E-state index contributed by atoms with van der Waals surface area (Å²) in [6.07, 6.45) is 0. The van der Waals surface area contributed by atoms with Crippen molar-refractivity contribution in [3.05, 3.63) is 24.3 Å². The summed E-state index contributed by atoms with van der Waals surface area (Å²) >= 11 is 0. The maximum Gasteiger partial charge on any atom is 0.321 e. The van der Waals surface area contributed by atoms with Crippen LogP contribution in [0.25, 0.3) is 0 Å². The van der Waals surface area contributed by atoms with Crippen LogP contribution in [0.1, 0.15) is 0 Å². The molecule has 0 aliphatic carbocycles. The molecule has 1 aliphatic rings. The van der Waals surface area contributed by atoms with Gasteiger partial charge in [-0.25, -0.2) is 4.79 Å². The first-order valence-corrected chi connectivity index (χ1v) is 4.75. The first-order chi connectivity index (χ1) is 7.31. The lowest BCUT2D eigenvalue weighted by Crippen LogP contribution is -2.27. The van der Waals surface area contributed by atoms with Crippen molar-refractivity contribution in [1.82, 2.24) is 5.32 Å². The highest BCUT2D eigenvalue weighted by Gasteiger charge is 2.20. The predicted molar refractivity (Wildman–Crippen MR) is 57.8 cm³/mol. The van der Waals surface area contributed by atoms with Crippen LogP contribution in [0.4, 0.5) is 16.2 Å². The van der Waals surface area contributed by atoms with Gasteiger partial charge in [-0.15, -0.1) is 0 Å². The smallest absolute Gasteiger partial charge is 0.321 e. The highest BCUT2D eigenvalue weighted by Crippen LogP contribution is 2.19. The summed E-state index contributed by atoms with van der Waals surface area (Å²) in [7, 11) is 1.56. The van der Waals surface area contributed by atoms with Gasteiger partial charge in [0.05, 0.1) is 12.8 Å². The molecular formula is C10H13N3O2. The molecule has 2 amide bonds.